The quantitative estimate of drug-likeness (QED) is 0.278. The molecular weight excluding hydrogens is 458 g/mol. The number of hydrogen-bond acceptors (Lipinski definition) is 4. The lowest BCUT2D eigenvalue weighted by atomic mass is 9.49. The summed E-state index contributed by atoms with van der Waals surface area (Å²) in [7, 11) is 0. The van der Waals surface area contributed by atoms with Crippen molar-refractivity contribution < 1.29 is 9.53 Å². The molecule has 0 saturated heterocycles. The molecule has 0 spiro atoms. The van der Waals surface area contributed by atoms with E-state index in [4.69, 9.17) is 9.72 Å². The Morgan fingerprint density at radius 1 is 0.973 bits per heavy atom. The fourth-order valence-corrected chi connectivity index (χ4v) is 8.31. The third kappa shape index (κ3) is 4.66. The van der Waals surface area contributed by atoms with Gasteiger partial charge in [0.15, 0.2) is 0 Å². The molecule has 0 aliphatic heterocycles. The first kappa shape index (κ1) is 24.5. The van der Waals surface area contributed by atoms with Crippen LogP contribution >= 0.6 is 0 Å². The maximum atomic E-state index is 13.8. The topological polar surface area (TPSA) is 55.6 Å². The van der Waals surface area contributed by atoms with E-state index in [1.165, 1.54) is 19.3 Å². The number of esters is 1. The molecule has 196 valence electrons. The lowest BCUT2D eigenvalue weighted by molar-refractivity contribution is -0.161. The number of fused-ring (bicyclic) bond motifs is 1. The zero-order valence-corrected chi connectivity index (χ0v) is 23.0. The first-order chi connectivity index (χ1) is 17.5. The van der Waals surface area contributed by atoms with Crippen LogP contribution in [0.2, 0.25) is 0 Å². The summed E-state index contributed by atoms with van der Waals surface area (Å²) in [6.07, 6.45) is 9.97. The number of rotatable bonds is 6. The summed E-state index contributed by atoms with van der Waals surface area (Å²) in [4.78, 5) is 18.9. The molecule has 4 bridgehead atoms. The molecule has 37 heavy (non-hydrogen) atoms. The van der Waals surface area contributed by atoms with Gasteiger partial charge in [-0.15, -0.1) is 0 Å². The highest BCUT2D eigenvalue weighted by molar-refractivity contribution is 5.85. The van der Waals surface area contributed by atoms with Gasteiger partial charge in [0.2, 0.25) is 0 Å². The molecule has 7 rings (SSSR count). The average Bonchev–Trinajstić information content (AvgIpc) is 3.14. The van der Waals surface area contributed by atoms with E-state index in [1.807, 2.05) is 48.7 Å². The second-order valence-corrected chi connectivity index (χ2v) is 14.1. The summed E-state index contributed by atoms with van der Waals surface area (Å²) < 4.78 is 8.44. The highest BCUT2D eigenvalue weighted by atomic mass is 16.5. The molecule has 4 aliphatic carbocycles. The van der Waals surface area contributed by atoms with Crippen molar-refractivity contribution in [3.63, 3.8) is 0 Å². The Labute approximate surface area is 221 Å². The molecule has 4 saturated carbocycles. The zero-order valence-electron chi connectivity index (χ0n) is 23.0. The molecule has 0 atom stereocenters. The highest BCUT2D eigenvalue weighted by Crippen LogP contribution is 2.60. The molecule has 0 amide bonds. The Kier molecular flexibility index (Phi) is 5.70. The number of aromatic nitrogens is 2. The number of benzene rings is 1. The van der Waals surface area contributed by atoms with Crippen LogP contribution in [0.4, 0.5) is 5.82 Å². The second-order valence-electron chi connectivity index (χ2n) is 14.1. The smallest absolute Gasteiger partial charge is 0.317 e. The van der Waals surface area contributed by atoms with E-state index < -0.39 is 0 Å². The number of nitrogens with one attached hydrogen (secondary N) is 1. The molecule has 5 heteroatoms. The number of carbonyl (C=O) groups is 1. The molecule has 4 aliphatic rings. The largest absolute Gasteiger partial charge is 0.425 e. The number of pyridine rings is 1. The van der Waals surface area contributed by atoms with Crippen LogP contribution in [-0.4, -0.2) is 20.9 Å². The van der Waals surface area contributed by atoms with Gasteiger partial charge in [-0.3, -0.25) is 9.20 Å². The highest BCUT2D eigenvalue weighted by Gasteiger charge is 2.55. The van der Waals surface area contributed by atoms with Gasteiger partial charge < -0.3 is 10.1 Å². The van der Waals surface area contributed by atoms with Crippen LogP contribution in [0.5, 0.6) is 5.75 Å². The van der Waals surface area contributed by atoms with E-state index in [0.717, 1.165) is 48.4 Å². The maximum absolute atomic E-state index is 13.8. The van der Waals surface area contributed by atoms with E-state index in [-0.39, 0.29) is 22.3 Å². The summed E-state index contributed by atoms with van der Waals surface area (Å²) in [5.74, 6) is 3.63. The summed E-state index contributed by atoms with van der Waals surface area (Å²) in [5, 5.41) is 3.81. The SMILES string of the molecule is CC(C)(C)CC(C)(C)Nc1c(-c2ccccc2OC(=O)C23CC4CC(CC(C4)C2)C3)nc2ccccn12. The summed E-state index contributed by atoms with van der Waals surface area (Å²) in [6, 6.07) is 14.0. The minimum Gasteiger partial charge on any atom is -0.425 e. The molecule has 1 aromatic carbocycles. The molecule has 0 unspecified atom stereocenters. The number of hydrogen-bond donors (Lipinski definition) is 1. The third-order valence-corrected chi connectivity index (χ3v) is 8.78. The molecule has 0 radical (unpaired) electrons. The van der Waals surface area contributed by atoms with E-state index >= 15 is 0 Å². The Morgan fingerprint density at radius 2 is 1.59 bits per heavy atom. The summed E-state index contributed by atoms with van der Waals surface area (Å²) in [5.41, 5.74) is 2.26. The second kappa shape index (κ2) is 8.61. The van der Waals surface area contributed by atoms with Crippen molar-refractivity contribution in [2.45, 2.75) is 85.1 Å². The third-order valence-electron chi connectivity index (χ3n) is 8.78. The van der Waals surface area contributed by atoms with Gasteiger partial charge in [0, 0.05) is 17.3 Å². The normalized spacial score (nSPS) is 27.0. The lowest BCUT2D eigenvalue weighted by Crippen LogP contribution is -2.51. The zero-order chi connectivity index (χ0) is 26.0. The summed E-state index contributed by atoms with van der Waals surface area (Å²) in [6.45, 7) is 11.3. The van der Waals surface area contributed by atoms with Crippen molar-refractivity contribution in [2.75, 3.05) is 5.32 Å². The van der Waals surface area contributed by atoms with Gasteiger partial charge in [-0.25, -0.2) is 4.98 Å². The van der Waals surface area contributed by atoms with Gasteiger partial charge in [0.1, 0.15) is 22.9 Å². The van der Waals surface area contributed by atoms with Gasteiger partial charge >= 0.3 is 5.97 Å². The Bertz CT molecular complexity index is 1290. The van der Waals surface area contributed by atoms with Gasteiger partial charge in [-0.2, -0.15) is 0 Å². The van der Waals surface area contributed by atoms with Crippen molar-refractivity contribution in [2.24, 2.45) is 28.6 Å². The van der Waals surface area contributed by atoms with Crippen LogP contribution in [0.25, 0.3) is 16.9 Å². The molecule has 4 fully saturated rings. The van der Waals surface area contributed by atoms with Gasteiger partial charge in [-0.1, -0.05) is 39.0 Å². The molecule has 2 aromatic heterocycles. The number of ether oxygens (including phenoxy) is 1. The number of para-hydroxylation sites is 1. The summed E-state index contributed by atoms with van der Waals surface area (Å²) >= 11 is 0. The van der Waals surface area contributed by atoms with E-state index in [0.29, 0.717) is 23.5 Å². The Balaban J connectivity index is 1.36. The van der Waals surface area contributed by atoms with Crippen LogP contribution in [-0.2, 0) is 4.79 Å². The Hall–Kier alpha value is -2.82. The van der Waals surface area contributed by atoms with Crippen molar-refractivity contribution >= 4 is 17.4 Å². The number of nitrogens with zero attached hydrogens (tertiary/aromatic N) is 2. The van der Waals surface area contributed by atoms with Crippen molar-refractivity contribution in [1.29, 1.82) is 0 Å². The number of carbonyl (C=O) groups excluding carboxylic acids is 1. The number of anilines is 1. The first-order valence-corrected chi connectivity index (χ1v) is 14.1. The van der Waals surface area contributed by atoms with Crippen molar-refractivity contribution in [3.8, 4) is 17.0 Å². The fraction of sp³-hybridized carbons (Fsp3) is 0.562. The minimum absolute atomic E-state index is 0.0228. The number of imidazole rings is 1. The van der Waals surface area contributed by atoms with Crippen molar-refractivity contribution in [3.05, 3.63) is 48.7 Å². The maximum Gasteiger partial charge on any atom is 0.317 e. The first-order valence-electron chi connectivity index (χ1n) is 14.1. The standard InChI is InChI=1S/C32H41N3O2/c1-30(2,3)20-31(4,5)34-28-27(33-26-12-8-9-13-35(26)28)24-10-6-7-11-25(24)37-29(36)32-17-21-14-22(18-32)16-23(15-21)19-32/h6-13,21-23,34H,14-20H2,1-5H3. The van der Waals surface area contributed by atoms with Crippen LogP contribution < -0.4 is 10.1 Å². The van der Waals surface area contributed by atoms with E-state index in [2.05, 4.69) is 44.3 Å². The minimum atomic E-state index is -0.295. The average molecular weight is 500 g/mol. The molecule has 3 aromatic rings. The van der Waals surface area contributed by atoms with Gasteiger partial charge in [-0.05, 0) is 106 Å². The predicted molar refractivity (Wildman–Crippen MR) is 149 cm³/mol. The fourth-order valence-electron chi connectivity index (χ4n) is 8.31. The van der Waals surface area contributed by atoms with Gasteiger partial charge in [0.25, 0.3) is 0 Å². The molecule has 1 N–H and O–H groups in total. The lowest BCUT2D eigenvalue weighted by Gasteiger charge is -2.55. The van der Waals surface area contributed by atoms with Crippen LogP contribution in [0.1, 0.15) is 79.6 Å². The van der Waals surface area contributed by atoms with Gasteiger partial charge in [0.05, 0.1) is 5.41 Å². The molecule has 5 nitrogen and oxygen atoms in total. The van der Waals surface area contributed by atoms with Crippen LogP contribution in [0.3, 0.4) is 0 Å². The Morgan fingerprint density at radius 3 is 2.24 bits per heavy atom. The van der Waals surface area contributed by atoms with Crippen LogP contribution in [0.15, 0.2) is 48.7 Å². The molecule has 2 heterocycles. The molecular formula is C32H41N3O2. The van der Waals surface area contributed by atoms with Crippen molar-refractivity contribution in [1.82, 2.24) is 9.38 Å². The van der Waals surface area contributed by atoms with E-state index in [9.17, 15) is 4.79 Å². The predicted octanol–water partition coefficient (Wildman–Crippen LogP) is 7.75. The van der Waals surface area contributed by atoms with Crippen LogP contribution in [0, 0.1) is 28.6 Å². The monoisotopic (exact) mass is 499 g/mol. The van der Waals surface area contributed by atoms with E-state index in [1.54, 1.807) is 0 Å².